The van der Waals surface area contributed by atoms with Crippen molar-refractivity contribution in [3.8, 4) is 0 Å². The van der Waals surface area contributed by atoms with Crippen molar-refractivity contribution >= 4 is 17.3 Å². The Kier molecular flexibility index (Phi) is 1.99. The van der Waals surface area contributed by atoms with Crippen molar-refractivity contribution in [2.45, 2.75) is 25.7 Å². The van der Waals surface area contributed by atoms with Crippen LogP contribution in [0.4, 0.5) is 5.69 Å². The second-order valence-corrected chi connectivity index (χ2v) is 4.69. The van der Waals surface area contributed by atoms with Crippen LogP contribution in [0.2, 0.25) is 5.02 Å². The average Bonchev–Trinajstić information content (AvgIpc) is 2.02. The van der Waals surface area contributed by atoms with Gasteiger partial charge in [0.05, 0.1) is 0 Å². The Morgan fingerprint density at radius 3 is 2.92 bits per heavy atom. The van der Waals surface area contributed by atoms with Crippen LogP contribution in [0.1, 0.15) is 25.8 Å². The normalized spacial score (nSPS) is 19.0. The molecule has 1 aliphatic rings. The van der Waals surface area contributed by atoms with E-state index in [1.165, 1.54) is 17.7 Å². The lowest BCUT2D eigenvalue weighted by Crippen LogP contribution is -2.28. The number of halogens is 1. The Bertz CT molecular complexity index is 331. The van der Waals surface area contributed by atoms with Gasteiger partial charge >= 0.3 is 0 Å². The molecule has 0 aliphatic carbocycles. The fraction of sp³-hybridized carbons (Fsp3) is 0.455. The van der Waals surface area contributed by atoms with Crippen LogP contribution in [-0.4, -0.2) is 6.54 Å². The lowest BCUT2D eigenvalue weighted by Gasteiger charge is -2.33. The number of rotatable bonds is 0. The molecule has 0 spiro atoms. The molecule has 70 valence electrons. The van der Waals surface area contributed by atoms with E-state index >= 15 is 0 Å². The molecule has 0 amide bonds. The maximum Gasteiger partial charge on any atom is 0.0426 e. The van der Waals surface area contributed by atoms with Gasteiger partial charge in [0.1, 0.15) is 0 Å². The fourth-order valence-corrected chi connectivity index (χ4v) is 2.07. The standard InChI is InChI=1S/C11H14ClN/c1-11(2)5-6-13-10-7-8(12)3-4-9(10)11/h3-4,7,13H,5-6H2,1-2H3. The van der Waals surface area contributed by atoms with Crippen molar-refractivity contribution in [1.29, 1.82) is 0 Å². The number of anilines is 1. The SMILES string of the molecule is CC1(C)CCNc2cc(Cl)ccc21. The molecule has 1 heterocycles. The summed E-state index contributed by atoms with van der Waals surface area (Å²) in [5, 5.41) is 4.18. The lowest BCUT2D eigenvalue weighted by atomic mass is 9.78. The van der Waals surface area contributed by atoms with Crippen LogP contribution in [0.15, 0.2) is 18.2 Å². The van der Waals surface area contributed by atoms with E-state index in [-0.39, 0.29) is 5.41 Å². The maximum absolute atomic E-state index is 5.93. The summed E-state index contributed by atoms with van der Waals surface area (Å²) in [6.07, 6.45) is 1.18. The average molecular weight is 196 g/mol. The number of fused-ring (bicyclic) bond motifs is 1. The first kappa shape index (κ1) is 8.89. The van der Waals surface area contributed by atoms with Gasteiger partial charge in [-0.25, -0.2) is 0 Å². The zero-order chi connectivity index (χ0) is 9.47. The fourth-order valence-electron chi connectivity index (χ4n) is 1.90. The quantitative estimate of drug-likeness (QED) is 0.669. The van der Waals surface area contributed by atoms with E-state index in [2.05, 4.69) is 25.2 Å². The van der Waals surface area contributed by atoms with Gasteiger partial charge in [-0.3, -0.25) is 0 Å². The van der Waals surface area contributed by atoms with Crippen molar-refractivity contribution in [3.05, 3.63) is 28.8 Å². The number of benzene rings is 1. The molecule has 1 aromatic carbocycles. The van der Waals surface area contributed by atoms with E-state index in [0.717, 1.165) is 11.6 Å². The minimum absolute atomic E-state index is 0.283. The van der Waals surface area contributed by atoms with Crippen molar-refractivity contribution in [2.75, 3.05) is 11.9 Å². The molecule has 0 aromatic heterocycles. The molecule has 0 fully saturated rings. The lowest BCUT2D eigenvalue weighted by molar-refractivity contribution is 0.482. The molecular formula is C11H14ClN. The van der Waals surface area contributed by atoms with E-state index < -0.39 is 0 Å². The van der Waals surface area contributed by atoms with Gasteiger partial charge in [-0.15, -0.1) is 0 Å². The molecule has 1 nitrogen and oxygen atoms in total. The molecule has 13 heavy (non-hydrogen) atoms. The number of hydrogen-bond donors (Lipinski definition) is 1. The highest BCUT2D eigenvalue weighted by molar-refractivity contribution is 6.30. The minimum Gasteiger partial charge on any atom is -0.385 e. The van der Waals surface area contributed by atoms with Gasteiger partial charge in [0, 0.05) is 17.3 Å². The highest BCUT2D eigenvalue weighted by atomic mass is 35.5. The van der Waals surface area contributed by atoms with Crippen molar-refractivity contribution in [3.63, 3.8) is 0 Å². The largest absolute Gasteiger partial charge is 0.385 e. The van der Waals surface area contributed by atoms with E-state index in [9.17, 15) is 0 Å². The van der Waals surface area contributed by atoms with E-state index in [1.807, 2.05) is 12.1 Å². The summed E-state index contributed by atoms with van der Waals surface area (Å²) < 4.78 is 0. The van der Waals surface area contributed by atoms with E-state index in [1.54, 1.807) is 0 Å². The Morgan fingerprint density at radius 1 is 1.38 bits per heavy atom. The molecule has 0 atom stereocenters. The van der Waals surface area contributed by atoms with Crippen LogP contribution in [0.5, 0.6) is 0 Å². The summed E-state index contributed by atoms with van der Waals surface area (Å²) >= 11 is 5.93. The third kappa shape index (κ3) is 1.53. The first-order valence-electron chi connectivity index (χ1n) is 4.63. The maximum atomic E-state index is 5.93. The molecule has 0 saturated heterocycles. The molecule has 1 aliphatic heterocycles. The molecule has 0 saturated carbocycles. The van der Waals surface area contributed by atoms with E-state index in [4.69, 9.17) is 11.6 Å². The summed E-state index contributed by atoms with van der Waals surface area (Å²) in [4.78, 5) is 0. The molecule has 2 heteroatoms. The van der Waals surface area contributed by atoms with Gasteiger partial charge in [0.25, 0.3) is 0 Å². The van der Waals surface area contributed by atoms with Gasteiger partial charge < -0.3 is 5.32 Å². The first-order chi connectivity index (χ1) is 6.09. The smallest absolute Gasteiger partial charge is 0.0426 e. The van der Waals surface area contributed by atoms with Gasteiger partial charge in [-0.2, -0.15) is 0 Å². The summed E-state index contributed by atoms with van der Waals surface area (Å²) in [7, 11) is 0. The molecular weight excluding hydrogens is 182 g/mol. The van der Waals surface area contributed by atoms with Crippen LogP contribution in [0.25, 0.3) is 0 Å². The Morgan fingerprint density at radius 2 is 2.15 bits per heavy atom. The van der Waals surface area contributed by atoms with E-state index in [0.29, 0.717) is 0 Å². The highest BCUT2D eigenvalue weighted by Gasteiger charge is 2.26. The Labute approximate surface area is 84.1 Å². The second kappa shape index (κ2) is 2.91. The van der Waals surface area contributed by atoms with Crippen LogP contribution in [0.3, 0.4) is 0 Å². The van der Waals surface area contributed by atoms with Crippen LogP contribution in [0, 0.1) is 0 Å². The van der Waals surface area contributed by atoms with Crippen molar-refractivity contribution in [2.24, 2.45) is 0 Å². The third-order valence-corrected chi connectivity index (χ3v) is 3.01. The van der Waals surface area contributed by atoms with Gasteiger partial charge in [0.2, 0.25) is 0 Å². The Balaban J connectivity index is 2.53. The van der Waals surface area contributed by atoms with Crippen LogP contribution >= 0.6 is 11.6 Å². The van der Waals surface area contributed by atoms with Crippen molar-refractivity contribution < 1.29 is 0 Å². The summed E-state index contributed by atoms with van der Waals surface area (Å²) in [5.74, 6) is 0. The third-order valence-electron chi connectivity index (χ3n) is 2.78. The molecule has 2 rings (SSSR count). The topological polar surface area (TPSA) is 12.0 Å². The predicted octanol–water partition coefficient (Wildman–Crippen LogP) is 3.43. The summed E-state index contributed by atoms with van der Waals surface area (Å²) in [5.41, 5.74) is 2.86. The Hall–Kier alpha value is -0.690. The van der Waals surface area contributed by atoms with Crippen LogP contribution in [-0.2, 0) is 5.41 Å². The molecule has 0 radical (unpaired) electrons. The number of nitrogens with one attached hydrogen (secondary N) is 1. The summed E-state index contributed by atoms with van der Waals surface area (Å²) in [6.45, 7) is 5.60. The number of hydrogen-bond acceptors (Lipinski definition) is 1. The highest BCUT2D eigenvalue weighted by Crippen LogP contribution is 2.37. The molecule has 0 bridgehead atoms. The summed E-state index contributed by atoms with van der Waals surface area (Å²) in [6, 6.07) is 6.11. The molecule has 1 N–H and O–H groups in total. The van der Waals surface area contributed by atoms with Gasteiger partial charge in [-0.05, 0) is 29.5 Å². The first-order valence-corrected chi connectivity index (χ1v) is 5.01. The van der Waals surface area contributed by atoms with Gasteiger partial charge in [-0.1, -0.05) is 31.5 Å². The zero-order valence-corrected chi connectivity index (χ0v) is 8.78. The predicted molar refractivity (Wildman–Crippen MR) is 57.6 cm³/mol. The zero-order valence-electron chi connectivity index (χ0n) is 8.02. The van der Waals surface area contributed by atoms with Crippen molar-refractivity contribution in [1.82, 2.24) is 0 Å². The monoisotopic (exact) mass is 195 g/mol. The molecule has 1 aromatic rings. The van der Waals surface area contributed by atoms with Crippen LogP contribution < -0.4 is 5.32 Å². The molecule has 0 unspecified atom stereocenters. The second-order valence-electron chi connectivity index (χ2n) is 4.25. The van der Waals surface area contributed by atoms with Gasteiger partial charge in [0.15, 0.2) is 0 Å². The minimum atomic E-state index is 0.283.